The monoisotopic (exact) mass is 478 g/mol. The second-order valence-electron chi connectivity index (χ2n) is 6.87. The van der Waals surface area contributed by atoms with Crippen molar-refractivity contribution in [2.75, 3.05) is 11.9 Å². The fourth-order valence-electron chi connectivity index (χ4n) is 2.91. The number of carbonyl (C=O) groups is 2. The Morgan fingerprint density at radius 2 is 1.91 bits per heavy atom. The number of alkyl halides is 3. The molecule has 33 heavy (non-hydrogen) atoms. The summed E-state index contributed by atoms with van der Waals surface area (Å²) < 4.78 is 44.6. The van der Waals surface area contributed by atoms with Crippen LogP contribution < -0.4 is 5.32 Å². The first-order valence-corrected chi connectivity index (χ1v) is 9.93. The molecule has 0 bridgehead atoms. The molecule has 0 radical (unpaired) electrons. The standard InChI is InChI=1S/C22H18ClF3N4O3/c1-13-17(14(2)30(29-13)16-6-4-3-5-7-16)8-9-20(32)33-12-19(31)28-21-18(23)10-15(11-27-21)22(24,25)26/h3-11H,12H2,1-2H3,(H,27,28,31). The fraction of sp³-hybridized carbons (Fsp3) is 0.182. The number of nitrogens with zero attached hydrogens (tertiary/aromatic N) is 3. The molecule has 0 unspecified atom stereocenters. The highest BCUT2D eigenvalue weighted by atomic mass is 35.5. The van der Waals surface area contributed by atoms with Crippen LogP contribution in [-0.2, 0) is 20.5 Å². The molecule has 0 spiro atoms. The first kappa shape index (κ1) is 24.0. The molecule has 0 saturated carbocycles. The molecular formula is C22H18ClF3N4O3. The molecular weight excluding hydrogens is 461 g/mol. The summed E-state index contributed by atoms with van der Waals surface area (Å²) in [4.78, 5) is 27.4. The van der Waals surface area contributed by atoms with E-state index >= 15 is 0 Å². The van der Waals surface area contributed by atoms with E-state index < -0.39 is 35.2 Å². The minimum Gasteiger partial charge on any atom is -0.452 e. The Balaban J connectivity index is 1.59. The van der Waals surface area contributed by atoms with Crippen LogP contribution in [0, 0.1) is 13.8 Å². The number of nitrogens with one attached hydrogen (secondary N) is 1. The number of aryl methyl sites for hydroxylation is 1. The molecule has 0 atom stereocenters. The van der Waals surface area contributed by atoms with Crippen LogP contribution in [0.1, 0.15) is 22.5 Å². The zero-order chi connectivity index (χ0) is 24.2. The lowest BCUT2D eigenvalue weighted by Gasteiger charge is -2.10. The Kier molecular flexibility index (Phi) is 7.17. The molecule has 7 nitrogen and oxygen atoms in total. The van der Waals surface area contributed by atoms with Gasteiger partial charge in [0.05, 0.1) is 22.0 Å². The molecule has 2 aromatic heterocycles. The number of ether oxygens (including phenoxy) is 1. The van der Waals surface area contributed by atoms with E-state index in [1.165, 1.54) is 6.08 Å². The minimum atomic E-state index is -4.62. The molecule has 0 aliphatic rings. The van der Waals surface area contributed by atoms with E-state index in [2.05, 4.69) is 15.4 Å². The van der Waals surface area contributed by atoms with E-state index in [9.17, 15) is 22.8 Å². The average molecular weight is 479 g/mol. The number of esters is 1. The van der Waals surface area contributed by atoms with Crippen molar-refractivity contribution in [2.24, 2.45) is 0 Å². The topological polar surface area (TPSA) is 86.1 Å². The van der Waals surface area contributed by atoms with Gasteiger partial charge in [-0.2, -0.15) is 18.3 Å². The molecule has 0 fully saturated rings. The lowest BCUT2D eigenvalue weighted by atomic mass is 10.2. The Morgan fingerprint density at radius 3 is 2.55 bits per heavy atom. The second-order valence-corrected chi connectivity index (χ2v) is 7.28. The number of carbonyl (C=O) groups excluding carboxylic acids is 2. The van der Waals surface area contributed by atoms with Gasteiger partial charge < -0.3 is 10.1 Å². The van der Waals surface area contributed by atoms with E-state index in [4.69, 9.17) is 16.3 Å². The van der Waals surface area contributed by atoms with Gasteiger partial charge in [0.15, 0.2) is 12.4 Å². The fourth-order valence-corrected chi connectivity index (χ4v) is 3.12. The van der Waals surface area contributed by atoms with Gasteiger partial charge in [0.1, 0.15) is 0 Å². The van der Waals surface area contributed by atoms with Crippen molar-refractivity contribution >= 4 is 35.4 Å². The summed E-state index contributed by atoms with van der Waals surface area (Å²) in [5, 5.41) is 6.26. The maximum absolute atomic E-state index is 12.6. The molecule has 172 valence electrons. The van der Waals surface area contributed by atoms with E-state index in [0.717, 1.165) is 23.0 Å². The third-order valence-corrected chi connectivity index (χ3v) is 4.79. The highest BCUT2D eigenvalue weighted by Gasteiger charge is 2.31. The number of para-hydroxylation sites is 1. The lowest BCUT2D eigenvalue weighted by Crippen LogP contribution is -2.21. The predicted molar refractivity (Wildman–Crippen MR) is 116 cm³/mol. The number of halogens is 4. The number of amides is 1. The maximum atomic E-state index is 12.6. The minimum absolute atomic E-state index is 0.277. The van der Waals surface area contributed by atoms with Crippen molar-refractivity contribution in [3.8, 4) is 5.69 Å². The van der Waals surface area contributed by atoms with Crippen molar-refractivity contribution < 1.29 is 27.5 Å². The van der Waals surface area contributed by atoms with Crippen LogP contribution in [0.15, 0.2) is 48.7 Å². The predicted octanol–water partition coefficient (Wildman–Crippen LogP) is 4.75. The third-order valence-electron chi connectivity index (χ3n) is 4.51. The van der Waals surface area contributed by atoms with Gasteiger partial charge in [0.25, 0.3) is 5.91 Å². The lowest BCUT2D eigenvalue weighted by molar-refractivity contribution is -0.142. The van der Waals surface area contributed by atoms with Gasteiger partial charge >= 0.3 is 12.1 Å². The van der Waals surface area contributed by atoms with E-state index in [0.29, 0.717) is 18.0 Å². The molecule has 3 rings (SSSR count). The molecule has 1 N–H and O–H groups in total. The van der Waals surface area contributed by atoms with Gasteiger partial charge in [-0.3, -0.25) is 4.79 Å². The largest absolute Gasteiger partial charge is 0.452 e. The van der Waals surface area contributed by atoms with Crippen molar-refractivity contribution in [1.82, 2.24) is 14.8 Å². The van der Waals surface area contributed by atoms with E-state index in [1.54, 1.807) is 11.6 Å². The Labute approximate surface area is 191 Å². The highest BCUT2D eigenvalue weighted by Crippen LogP contribution is 2.32. The van der Waals surface area contributed by atoms with Gasteiger partial charge in [-0.1, -0.05) is 29.8 Å². The van der Waals surface area contributed by atoms with Crippen molar-refractivity contribution in [3.63, 3.8) is 0 Å². The SMILES string of the molecule is Cc1nn(-c2ccccc2)c(C)c1C=CC(=O)OCC(=O)Nc1ncc(C(F)(F)F)cc1Cl. The number of pyridine rings is 1. The van der Waals surface area contributed by atoms with Crippen molar-refractivity contribution in [2.45, 2.75) is 20.0 Å². The summed E-state index contributed by atoms with van der Waals surface area (Å²) >= 11 is 5.73. The van der Waals surface area contributed by atoms with Crippen LogP contribution >= 0.6 is 11.6 Å². The highest BCUT2D eigenvalue weighted by molar-refractivity contribution is 6.33. The number of hydrogen-bond donors (Lipinski definition) is 1. The summed E-state index contributed by atoms with van der Waals surface area (Å²) in [6.07, 6.45) is -1.39. The Hall–Kier alpha value is -3.66. The average Bonchev–Trinajstić information content (AvgIpc) is 3.05. The van der Waals surface area contributed by atoms with Gasteiger partial charge in [0.2, 0.25) is 0 Å². The summed E-state index contributed by atoms with van der Waals surface area (Å²) in [5.74, 6) is -1.88. The van der Waals surface area contributed by atoms with E-state index in [-0.39, 0.29) is 5.82 Å². The molecule has 11 heteroatoms. The number of rotatable bonds is 6. The molecule has 0 aliphatic heterocycles. The van der Waals surface area contributed by atoms with Crippen LogP contribution in [0.2, 0.25) is 5.02 Å². The summed E-state index contributed by atoms with van der Waals surface area (Å²) in [6.45, 7) is 2.97. The molecule has 0 saturated heterocycles. The number of anilines is 1. The molecule has 1 aromatic carbocycles. The Morgan fingerprint density at radius 1 is 1.21 bits per heavy atom. The Bertz CT molecular complexity index is 1210. The van der Waals surface area contributed by atoms with Crippen molar-refractivity contribution in [3.05, 3.63) is 76.2 Å². The van der Waals surface area contributed by atoms with E-state index in [1.807, 2.05) is 37.3 Å². The van der Waals surface area contributed by atoms with Crippen LogP contribution in [0.3, 0.4) is 0 Å². The van der Waals surface area contributed by atoms with Crippen LogP contribution in [-0.4, -0.2) is 33.2 Å². The normalized spacial score (nSPS) is 11.6. The molecule has 2 heterocycles. The second kappa shape index (κ2) is 9.86. The number of benzene rings is 1. The first-order chi connectivity index (χ1) is 15.6. The zero-order valence-corrected chi connectivity index (χ0v) is 18.2. The van der Waals surface area contributed by atoms with Crippen molar-refractivity contribution in [1.29, 1.82) is 0 Å². The summed E-state index contributed by atoms with van der Waals surface area (Å²) in [7, 11) is 0. The summed E-state index contributed by atoms with van der Waals surface area (Å²) in [6, 6.07) is 10.1. The summed E-state index contributed by atoms with van der Waals surface area (Å²) in [5.41, 5.74) is 2.04. The van der Waals surface area contributed by atoms with Crippen LogP contribution in [0.5, 0.6) is 0 Å². The quantitative estimate of drug-likeness (QED) is 0.408. The maximum Gasteiger partial charge on any atom is 0.417 e. The van der Waals surface area contributed by atoms with Gasteiger partial charge in [-0.15, -0.1) is 0 Å². The van der Waals surface area contributed by atoms with Gasteiger partial charge in [-0.25, -0.2) is 14.5 Å². The molecule has 0 aliphatic carbocycles. The smallest absolute Gasteiger partial charge is 0.417 e. The number of hydrogen-bond acceptors (Lipinski definition) is 5. The zero-order valence-electron chi connectivity index (χ0n) is 17.5. The number of aromatic nitrogens is 3. The molecule has 3 aromatic rings. The van der Waals surface area contributed by atoms with Gasteiger partial charge in [0, 0.05) is 23.5 Å². The molecule has 1 amide bonds. The van der Waals surface area contributed by atoms with Crippen LogP contribution in [0.4, 0.5) is 19.0 Å². The first-order valence-electron chi connectivity index (χ1n) is 9.55. The van der Waals surface area contributed by atoms with Crippen LogP contribution in [0.25, 0.3) is 11.8 Å². The van der Waals surface area contributed by atoms with Gasteiger partial charge in [-0.05, 0) is 38.1 Å². The third kappa shape index (κ3) is 5.98.